The van der Waals surface area contributed by atoms with E-state index in [0.717, 1.165) is 0 Å². The van der Waals surface area contributed by atoms with E-state index in [-0.39, 0.29) is 11.1 Å². The van der Waals surface area contributed by atoms with Crippen molar-refractivity contribution in [1.82, 2.24) is 14.5 Å². The van der Waals surface area contributed by atoms with Crippen molar-refractivity contribution in [3.05, 3.63) is 59.7 Å². The van der Waals surface area contributed by atoms with E-state index in [0.29, 0.717) is 48.5 Å². The van der Waals surface area contributed by atoms with Crippen molar-refractivity contribution in [2.24, 2.45) is 0 Å². The summed E-state index contributed by atoms with van der Waals surface area (Å²) in [6, 6.07) is 14.4. The molecule has 198 valence electrons. The maximum absolute atomic E-state index is 14.0. The second-order valence-electron chi connectivity index (χ2n) is 11.7. The molecule has 0 unspecified atom stereocenters. The molecule has 2 aromatic heterocycles. The molecule has 3 amide bonds. The fourth-order valence-corrected chi connectivity index (χ4v) is 5.27. The van der Waals surface area contributed by atoms with Gasteiger partial charge in [0.1, 0.15) is 11.2 Å². The van der Waals surface area contributed by atoms with Gasteiger partial charge in [0.25, 0.3) is 11.8 Å². The van der Waals surface area contributed by atoms with Gasteiger partial charge in [-0.15, -0.1) is 0 Å². The first-order valence-electron chi connectivity index (χ1n) is 12.6. The highest BCUT2D eigenvalue weighted by atomic mass is 16.6. The third-order valence-corrected chi connectivity index (χ3v) is 6.55. The van der Waals surface area contributed by atoms with Crippen LogP contribution in [0.1, 0.15) is 62.3 Å². The molecular formula is C30H27N3O6. The number of para-hydroxylation sites is 2. The van der Waals surface area contributed by atoms with Crippen molar-refractivity contribution in [1.29, 1.82) is 0 Å². The number of hydrogen-bond acceptors (Lipinski definition) is 6. The molecule has 9 nitrogen and oxygen atoms in total. The van der Waals surface area contributed by atoms with Crippen LogP contribution in [0.15, 0.2) is 48.5 Å². The number of aromatic nitrogens is 2. The fraction of sp³-hybridized carbons (Fsp3) is 0.267. The summed E-state index contributed by atoms with van der Waals surface area (Å²) in [7, 11) is 0. The van der Waals surface area contributed by atoms with Gasteiger partial charge in [0.15, 0.2) is 0 Å². The molecule has 0 bridgehead atoms. The Bertz CT molecular complexity index is 1910. The summed E-state index contributed by atoms with van der Waals surface area (Å²) in [6.07, 6.45) is -1.68. The van der Waals surface area contributed by atoms with Crippen LogP contribution in [0.25, 0.3) is 43.6 Å². The zero-order valence-corrected chi connectivity index (χ0v) is 22.5. The monoisotopic (exact) mass is 525 g/mol. The number of carbonyl (C=O) groups is 4. The molecule has 0 aliphatic carbocycles. The standard InChI is InChI=1S/C30H27N3O6/c1-29(2,3)38-27(36)32-18-14-10-8-12-16(18)20-22-21(25(34)33(26(22)35)28(37)39-30(4,5)6)19-15-11-7-9-13-17(15)31-23(19)24(20)32/h7-14,31H,1-6H3. The normalized spacial score (nSPS) is 14.2. The Kier molecular flexibility index (Phi) is 5.01. The van der Waals surface area contributed by atoms with Crippen LogP contribution < -0.4 is 0 Å². The molecule has 1 aliphatic rings. The Labute approximate surface area is 223 Å². The van der Waals surface area contributed by atoms with Crippen LogP contribution in [0, 0.1) is 0 Å². The van der Waals surface area contributed by atoms with Crippen LogP contribution in [-0.4, -0.2) is 49.7 Å². The summed E-state index contributed by atoms with van der Waals surface area (Å²) in [4.78, 5) is 58.6. The maximum Gasteiger partial charge on any atom is 0.424 e. The van der Waals surface area contributed by atoms with E-state index in [9.17, 15) is 19.2 Å². The molecule has 0 fully saturated rings. The zero-order valence-electron chi connectivity index (χ0n) is 22.5. The minimum Gasteiger partial charge on any atom is -0.443 e. The number of H-pyrrole nitrogens is 1. The Balaban J connectivity index is 1.80. The number of hydrogen-bond donors (Lipinski definition) is 1. The summed E-state index contributed by atoms with van der Waals surface area (Å²) in [5, 5.41) is 2.08. The van der Waals surface area contributed by atoms with Crippen molar-refractivity contribution in [2.45, 2.75) is 52.7 Å². The molecule has 0 saturated carbocycles. The van der Waals surface area contributed by atoms with Gasteiger partial charge in [-0.25, -0.2) is 14.2 Å². The van der Waals surface area contributed by atoms with Crippen molar-refractivity contribution in [3.63, 3.8) is 0 Å². The van der Waals surface area contributed by atoms with Gasteiger partial charge in [-0.1, -0.05) is 36.4 Å². The van der Waals surface area contributed by atoms with Gasteiger partial charge in [0, 0.05) is 27.1 Å². The van der Waals surface area contributed by atoms with Crippen molar-refractivity contribution >= 4 is 67.6 Å². The number of amides is 3. The molecular weight excluding hydrogens is 498 g/mol. The van der Waals surface area contributed by atoms with Crippen molar-refractivity contribution < 1.29 is 28.7 Å². The Morgan fingerprint density at radius 2 is 1.26 bits per heavy atom. The van der Waals surface area contributed by atoms with Crippen LogP contribution in [0.2, 0.25) is 0 Å². The van der Waals surface area contributed by atoms with E-state index in [1.54, 1.807) is 65.8 Å². The van der Waals surface area contributed by atoms with Gasteiger partial charge < -0.3 is 14.5 Å². The molecule has 1 N–H and O–H groups in total. The van der Waals surface area contributed by atoms with Crippen molar-refractivity contribution in [2.75, 3.05) is 0 Å². The number of aromatic amines is 1. The average molecular weight is 526 g/mol. The second kappa shape index (κ2) is 7.92. The predicted molar refractivity (Wildman–Crippen MR) is 147 cm³/mol. The largest absolute Gasteiger partial charge is 0.443 e. The number of fused-ring (bicyclic) bond motifs is 10. The summed E-state index contributed by atoms with van der Waals surface area (Å²) < 4.78 is 12.6. The summed E-state index contributed by atoms with van der Waals surface area (Å²) in [5.41, 5.74) is 0.524. The first kappa shape index (κ1) is 24.7. The molecule has 39 heavy (non-hydrogen) atoms. The Morgan fingerprint density at radius 1 is 0.718 bits per heavy atom. The van der Waals surface area contributed by atoms with Crippen molar-refractivity contribution in [3.8, 4) is 0 Å². The lowest BCUT2D eigenvalue weighted by Gasteiger charge is -2.22. The Hall–Kier alpha value is -4.66. The number of benzene rings is 3. The van der Waals surface area contributed by atoms with Gasteiger partial charge in [0.05, 0.1) is 27.7 Å². The first-order valence-corrected chi connectivity index (χ1v) is 12.6. The average Bonchev–Trinajstić information content (AvgIpc) is 3.44. The summed E-state index contributed by atoms with van der Waals surface area (Å²) >= 11 is 0. The number of carbonyl (C=O) groups excluding carboxylic acids is 4. The molecule has 0 saturated heterocycles. The van der Waals surface area contributed by atoms with Gasteiger partial charge in [-0.3, -0.25) is 9.59 Å². The van der Waals surface area contributed by atoms with Crippen LogP contribution in [0.3, 0.4) is 0 Å². The summed E-state index contributed by atoms with van der Waals surface area (Å²) in [6.45, 7) is 10.3. The second-order valence-corrected chi connectivity index (χ2v) is 11.7. The van der Waals surface area contributed by atoms with Gasteiger partial charge in [-0.2, -0.15) is 4.90 Å². The highest BCUT2D eigenvalue weighted by Gasteiger charge is 2.46. The van der Waals surface area contributed by atoms with E-state index in [1.165, 1.54) is 4.57 Å². The van der Waals surface area contributed by atoms with E-state index in [1.807, 2.05) is 24.3 Å². The highest BCUT2D eigenvalue weighted by Crippen LogP contribution is 2.45. The quantitative estimate of drug-likeness (QED) is 0.224. The van der Waals surface area contributed by atoms with Crippen LogP contribution in [0.4, 0.5) is 9.59 Å². The Morgan fingerprint density at radius 3 is 1.90 bits per heavy atom. The third kappa shape index (κ3) is 3.60. The SMILES string of the molecule is CC(C)(C)OC(=O)N1C(=O)c2c(c3c4ccccc4n(C(=O)OC(C)(C)C)c3c3[nH]c4ccccc4c23)C1=O. The molecule has 1 aliphatic heterocycles. The number of ether oxygens (including phenoxy) is 2. The van der Waals surface area contributed by atoms with E-state index < -0.39 is 35.2 Å². The lowest BCUT2D eigenvalue weighted by atomic mass is 9.97. The zero-order chi connectivity index (χ0) is 28.0. The number of nitrogens with one attached hydrogen (secondary N) is 1. The van der Waals surface area contributed by atoms with Crippen LogP contribution in [0.5, 0.6) is 0 Å². The molecule has 3 aromatic carbocycles. The van der Waals surface area contributed by atoms with E-state index in [4.69, 9.17) is 9.47 Å². The van der Waals surface area contributed by atoms with Gasteiger partial charge in [0.2, 0.25) is 0 Å². The highest BCUT2D eigenvalue weighted by molar-refractivity contribution is 6.42. The molecule has 3 heterocycles. The molecule has 6 rings (SSSR count). The molecule has 5 aromatic rings. The minimum absolute atomic E-state index is 0.0524. The number of nitrogens with zero attached hydrogens (tertiary/aromatic N) is 2. The maximum atomic E-state index is 14.0. The lowest BCUT2D eigenvalue weighted by molar-refractivity contribution is 0.0255. The molecule has 0 radical (unpaired) electrons. The van der Waals surface area contributed by atoms with Crippen LogP contribution >= 0.6 is 0 Å². The predicted octanol–water partition coefficient (Wildman–Crippen LogP) is 6.74. The topological polar surface area (TPSA) is 111 Å². The smallest absolute Gasteiger partial charge is 0.424 e. The van der Waals surface area contributed by atoms with E-state index in [2.05, 4.69) is 4.98 Å². The lowest BCUT2D eigenvalue weighted by Crippen LogP contribution is -2.40. The van der Waals surface area contributed by atoms with E-state index >= 15 is 0 Å². The number of rotatable bonds is 0. The van der Waals surface area contributed by atoms with Gasteiger partial charge >= 0.3 is 12.2 Å². The van der Waals surface area contributed by atoms with Gasteiger partial charge in [-0.05, 0) is 53.7 Å². The molecule has 0 spiro atoms. The minimum atomic E-state index is -1.05. The van der Waals surface area contributed by atoms with Crippen LogP contribution in [-0.2, 0) is 9.47 Å². The first-order chi connectivity index (χ1) is 18.3. The third-order valence-electron chi connectivity index (χ3n) is 6.55. The number of imide groups is 3. The molecule has 9 heteroatoms. The fourth-order valence-electron chi connectivity index (χ4n) is 5.27. The summed E-state index contributed by atoms with van der Waals surface area (Å²) in [5.74, 6) is -1.57. The molecule has 0 atom stereocenters.